The van der Waals surface area contributed by atoms with Gasteiger partial charge in [-0.1, -0.05) is 6.92 Å². The molecule has 0 radical (unpaired) electrons. The lowest BCUT2D eigenvalue weighted by Crippen LogP contribution is -2.38. The van der Waals surface area contributed by atoms with E-state index in [1.165, 1.54) is 10.6 Å². The number of halogens is 1. The Bertz CT molecular complexity index is 620. The van der Waals surface area contributed by atoms with Crippen LogP contribution in [0.4, 0.5) is 0 Å². The lowest BCUT2D eigenvalue weighted by atomic mass is 10.4. The third-order valence-corrected chi connectivity index (χ3v) is 4.59. The molecule has 0 aromatic carbocycles. The lowest BCUT2D eigenvalue weighted by molar-refractivity contribution is 0.462. The molecule has 5 nitrogen and oxygen atoms in total. The van der Waals surface area contributed by atoms with Gasteiger partial charge in [-0.2, -0.15) is 0 Å². The van der Waals surface area contributed by atoms with Crippen molar-refractivity contribution >= 4 is 41.3 Å². The molecule has 0 unspecified atom stereocenters. The van der Waals surface area contributed by atoms with Crippen molar-refractivity contribution in [1.29, 1.82) is 0 Å². The third kappa shape index (κ3) is 5.80. The Morgan fingerprint density at radius 3 is 2.78 bits per heavy atom. The number of nitrogens with zero attached hydrogens (tertiary/aromatic N) is 4. The van der Waals surface area contributed by atoms with Crippen LogP contribution in [0.1, 0.15) is 29.4 Å². The Morgan fingerprint density at radius 1 is 1.43 bits per heavy atom. The van der Waals surface area contributed by atoms with E-state index in [2.05, 4.69) is 66.0 Å². The first-order chi connectivity index (χ1) is 10.6. The number of aryl methyl sites for hydroxylation is 2. The maximum Gasteiger partial charge on any atom is 0.194 e. The molecule has 1 N–H and O–H groups in total. The van der Waals surface area contributed by atoms with E-state index in [1.807, 2.05) is 6.20 Å². The first kappa shape index (κ1) is 20.0. The highest BCUT2D eigenvalue weighted by molar-refractivity contribution is 14.0. The largest absolute Gasteiger partial charge is 0.357 e. The number of rotatable bonds is 6. The molecule has 7 heteroatoms. The molecular formula is C16H26IN5S. The number of nitrogens with one attached hydrogen (secondary N) is 1. The van der Waals surface area contributed by atoms with Crippen molar-refractivity contribution in [3.63, 3.8) is 0 Å². The number of thiazole rings is 1. The van der Waals surface area contributed by atoms with Crippen LogP contribution in [0.25, 0.3) is 0 Å². The molecule has 2 aromatic rings. The zero-order valence-electron chi connectivity index (χ0n) is 14.2. The molecule has 0 bridgehead atoms. The van der Waals surface area contributed by atoms with Gasteiger partial charge in [-0.15, -0.1) is 35.3 Å². The van der Waals surface area contributed by atoms with E-state index in [0.717, 1.165) is 30.5 Å². The van der Waals surface area contributed by atoms with Crippen LogP contribution in [-0.2, 0) is 26.6 Å². The van der Waals surface area contributed by atoms with Crippen LogP contribution in [0.15, 0.2) is 29.5 Å². The predicted octanol–water partition coefficient (Wildman–Crippen LogP) is 3.26. The second-order valence-electron chi connectivity index (χ2n) is 5.21. The summed E-state index contributed by atoms with van der Waals surface area (Å²) < 4.78 is 2.13. The van der Waals surface area contributed by atoms with Crippen LogP contribution in [0.2, 0.25) is 0 Å². The van der Waals surface area contributed by atoms with Crippen molar-refractivity contribution in [3.05, 3.63) is 40.1 Å². The first-order valence-corrected chi connectivity index (χ1v) is 8.48. The molecule has 0 fully saturated rings. The Kier molecular flexibility index (Phi) is 8.60. The van der Waals surface area contributed by atoms with Gasteiger partial charge in [-0.05, 0) is 25.5 Å². The number of hydrogen-bond acceptors (Lipinski definition) is 3. The molecule has 2 aromatic heterocycles. The van der Waals surface area contributed by atoms with Crippen molar-refractivity contribution in [1.82, 2.24) is 19.8 Å². The van der Waals surface area contributed by atoms with Crippen molar-refractivity contribution in [2.24, 2.45) is 12.0 Å². The predicted molar refractivity (Wildman–Crippen MR) is 109 cm³/mol. The molecule has 2 rings (SSSR count). The number of aromatic nitrogens is 2. The summed E-state index contributed by atoms with van der Waals surface area (Å²) in [5.41, 5.74) is 1.26. The zero-order chi connectivity index (χ0) is 15.9. The molecule has 0 saturated carbocycles. The van der Waals surface area contributed by atoms with Crippen LogP contribution in [0.5, 0.6) is 0 Å². The Hall–Kier alpha value is -1.09. The lowest BCUT2D eigenvalue weighted by Gasteiger charge is -2.22. The van der Waals surface area contributed by atoms with E-state index in [1.54, 1.807) is 11.3 Å². The van der Waals surface area contributed by atoms with Crippen molar-refractivity contribution < 1.29 is 0 Å². The highest BCUT2D eigenvalue weighted by Gasteiger charge is 2.09. The minimum absolute atomic E-state index is 0. The number of guanidine groups is 1. The molecule has 0 aliphatic carbocycles. The van der Waals surface area contributed by atoms with Crippen molar-refractivity contribution in [2.45, 2.75) is 33.4 Å². The number of aliphatic imine (C=N–C) groups is 1. The summed E-state index contributed by atoms with van der Waals surface area (Å²) in [5, 5.41) is 4.42. The summed E-state index contributed by atoms with van der Waals surface area (Å²) in [4.78, 5) is 12.6. The standard InChI is InChI=1S/C16H25N5S.HI/c1-5-14-10-18-15(22-14)11-19-16(17-6-2)21(4)12-13-8-7-9-20(13)3;/h7-10H,5-6,11-12H2,1-4H3,(H,17,19);1H. The normalized spacial score (nSPS) is 11.2. The second-order valence-corrected chi connectivity index (χ2v) is 6.41. The van der Waals surface area contributed by atoms with E-state index in [-0.39, 0.29) is 24.0 Å². The fraction of sp³-hybridized carbons (Fsp3) is 0.500. The van der Waals surface area contributed by atoms with Gasteiger partial charge in [0.05, 0.1) is 13.1 Å². The minimum atomic E-state index is 0. The van der Waals surface area contributed by atoms with Crippen LogP contribution in [-0.4, -0.2) is 34.0 Å². The van der Waals surface area contributed by atoms with Crippen LogP contribution < -0.4 is 5.32 Å². The van der Waals surface area contributed by atoms with E-state index in [0.29, 0.717) is 6.54 Å². The average molecular weight is 447 g/mol. The average Bonchev–Trinajstić information content (AvgIpc) is 3.13. The molecule has 0 amide bonds. The molecule has 0 spiro atoms. The maximum absolute atomic E-state index is 4.71. The van der Waals surface area contributed by atoms with E-state index >= 15 is 0 Å². The summed E-state index contributed by atoms with van der Waals surface area (Å²) in [6, 6.07) is 4.20. The zero-order valence-corrected chi connectivity index (χ0v) is 17.4. The third-order valence-electron chi connectivity index (χ3n) is 3.46. The van der Waals surface area contributed by atoms with E-state index in [9.17, 15) is 0 Å². The summed E-state index contributed by atoms with van der Waals surface area (Å²) in [6.07, 6.45) is 5.06. The maximum atomic E-state index is 4.71. The van der Waals surface area contributed by atoms with Gasteiger partial charge in [0.2, 0.25) is 0 Å². The van der Waals surface area contributed by atoms with Gasteiger partial charge < -0.3 is 14.8 Å². The fourth-order valence-corrected chi connectivity index (χ4v) is 2.96. The topological polar surface area (TPSA) is 45.5 Å². The summed E-state index contributed by atoms with van der Waals surface area (Å²) in [5.74, 6) is 0.914. The molecule has 2 heterocycles. The molecule has 128 valence electrons. The van der Waals surface area contributed by atoms with Gasteiger partial charge in [0.25, 0.3) is 0 Å². The molecular weight excluding hydrogens is 421 g/mol. The van der Waals surface area contributed by atoms with Gasteiger partial charge in [-0.25, -0.2) is 9.98 Å². The highest BCUT2D eigenvalue weighted by atomic mass is 127. The van der Waals surface area contributed by atoms with E-state index < -0.39 is 0 Å². The SMILES string of the molecule is CCNC(=NCc1ncc(CC)s1)N(C)Cc1cccn1C.I. The minimum Gasteiger partial charge on any atom is -0.357 e. The quantitative estimate of drug-likeness (QED) is 0.420. The Morgan fingerprint density at radius 2 is 2.22 bits per heavy atom. The Labute approximate surface area is 159 Å². The van der Waals surface area contributed by atoms with Gasteiger partial charge in [0.1, 0.15) is 5.01 Å². The monoisotopic (exact) mass is 447 g/mol. The molecule has 0 atom stereocenters. The molecule has 23 heavy (non-hydrogen) atoms. The molecule has 0 aliphatic heterocycles. The van der Waals surface area contributed by atoms with E-state index in [4.69, 9.17) is 4.99 Å². The molecule has 0 aliphatic rings. The van der Waals surface area contributed by atoms with Crippen LogP contribution in [0.3, 0.4) is 0 Å². The van der Waals surface area contributed by atoms with Gasteiger partial charge >= 0.3 is 0 Å². The molecule has 0 saturated heterocycles. The van der Waals surface area contributed by atoms with Crippen molar-refractivity contribution in [2.75, 3.05) is 13.6 Å². The summed E-state index contributed by atoms with van der Waals surface area (Å²) in [7, 11) is 4.13. The number of hydrogen-bond donors (Lipinski definition) is 1. The van der Waals surface area contributed by atoms with Gasteiger partial charge in [-0.3, -0.25) is 0 Å². The highest BCUT2D eigenvalue weighted by Crippen LogP contribution is 2.14. The summed E-state index contributed by atoms with van der Waals surface area (Å²) >= 11 is 1.74. The summed E-state index contributed by atoms with van der Waals surface area (Å²) in [6.45, 7) is 6.55. The second kappa shape index (κ2) is 9.92. The smallest absolute Gasteiger partial charge is 0.194 e. The van der Waals surface area contributed by atoms with Gasteiger partial charge in [0, 0.05) is 43.6 Å². The van der Waals surface area contributed by atoms with Crippen molar-refractivity contribution in [3.8, 4) is 0 Å². The fourth-order valence-electron chi connectivity index (χ4n) is 2.18. The van der Waals surface area contributed by atoms with Crippen LogP contribution in [0, 0.1) is 0 Å². The Balaban J connectivity index is 0.00000264. The first-order valence-electron chi connectivity index (χ1n) is 7.67. The van der Waals surface area contributed by atoms with Crippen LogP contribution >= 0.6 is 35.3 Å². The van der Waals surface area contributed by atoms with Gasteiger partial charge in [0.15, 0.2) is 5.96 Å².